The Morgan fingerprint density at radius 3 is 2.39 bits per heavy atom. The second-order valence-electron chi connectivity index (χ2n) is 7.55. The van der Waals surface area contributed by atoms with Crippen LogP contribution in [0.1, 0.15) is 35.8 Å². The number of rotatable bonds is 4. The molecule has 0 spiro atoms. The molecule has 10 heteroatoms. The highest BCUT2D eigenvalue weighted by Gasteiger charge is 2.35. The Balaban J connectivity index is 1.52. The van der Waals surface area contributed by atoms with Gasteiger partial charge in [0, 0.05) is 18.7 Å². The van der Waals surface area contributed by atoms with Gasteiger partial charge in [-0.05, 0) is 44.0 Å². The molecule has 1 aliphatic heterocycles. The van der Waals surface area contributed by atoms with E-state index in [1.54, 1.807) is 0 Å². The Hall–Kier alpha value is -2.72. The molecule has 0 aliphatic carbocycles. The topological polar surface area (TPSA) is 76.3 Å². The molecular weight excluding hydrogens is 431 g/mol. The molecule has 1 saturated heterocycles. The summed E-state index contributed by atoms with van der Waals surface area (Å²) >= 11 is 0. The predicted molar refractivity (Wildman–Crippen MR) is 107 cm³/mol. The number of halogens is 3. The first-order chi connectivity index (χ1) is 14.6. The second kappa shape index (κ2) is 8.08. The summed E-state index contributed by atoms with van der Waals surface area (Å²) in [7, 11) is -3.94. The molecule has 2 aromatic carbocycles. The van der Waals surface area contributed by atoms with Gasteiger partial charge in [0.15, 0.2) is 0 Å². The lowest BCUT2D eigenvalue weighted by Gasteiger charge is -2.30. The molecule has 1 aliphatic rings. The Bertz CT molecular complexity index is 1160. The number of aromatic nitrogens is 2. The summed E-state index contributed by atoms with van der Waals surface area (Å²) in [6, 6.07) is 11.2. The van der Waals surface area contributed by atoms with Gasteiger partial charge in [-0.15, -0.1) is 0 Å². The van der Waals surface area contributed by atoms with Crippen LogP contribution < -0.4 is 0 Å². The minimum Gasteiger partial charge on any atom is -0.339 e. The van der Waals surface area contributed by atoms with Gasteiger partial charge in [0.2, 0.25) is 21.7 Å². The number of nitrogens with zero attached hydrogens (tertiary/aromatic N) is 3. The summed E-state index contributed by atoms with van der Waals surface area (Å²) in [5, 5.41) is 4.01. The van der Waals surface area contributed by atoms with Gasteiger partial charge < -0.3 is 4.52 Å². The van der Waals surface area contributed by atoms with E-state index in [2.05, 4.69) is 10.1 Å². The molecule has 0 unspecified atom stereocenters. The van der Waals surface area contributed by atoms with E-state index in [0.29, 0.717) is 24.6 Å². The zero-order chi connectivity index (χ0) is 22.2. The van der Waals surface area contributed by atoms with Crippen LogP contribution in [0.4, 0.5) is 13.2 Å². The summed E-state index contributed by atoms with van der Waals surface area (Å²) in [4.78, 5) is 4.26. The quantitative estimate of drug-likeness (QED) is 0.578. The lowest BCUT2D eigenvalue weighted by Crippen LogP contribution is -2.39. The summed E-state index contributed by atoms with van der Waals surface area (Å²) in [6.07, 6.45) is -3.27. The van der Waals surface area contributed by atoms with Gasteiger partial charge in [-0.1, -0.05) is 35.0 Å². The Morgan fingerprint density at radius 1 is 1.06 bits per heavy atom. The average Bonchev–Trinajstić information content (AvgIpc) is 3.24. The smallest absolute Gasteiger partial charge is 0.339 e. The maximum absolute atomic E-state index is 13.0. The minimum absolute atomic E-state index is 0.124. The van der Waals surface area contributed by atoms with Gasteiger partial charge in [0.05, 0.1) is 16.4 Å². The van der Waals surface area contributed by atoms with E-state index in [1.807, 2.05) is 31.2 Å². The van der Waals surface area contributed by atoms with E-state index in [4.69, 9.17) is 4.52 Å². The minimum atomic E-state index is -4.52. The van der Waals surface area contributed by atoms with Gasteiger partial charge >= 0.3 is 6.18 Å². The van der Waals surface area contributed by atoms with Crippen LogP contribution in [0.3, 0.4) is 0 Å². The van der Waals surface area contributed by atoms with Crippen molar-refractivity contribution in [1.29, 1.82) is 0 Å². The molecule has 164 valence electrons. The van der Waals surface area contributed by atoms with E-state index in [9.17, 15) is 21.6 Å². The third-order valence-electron chi connectivity index (χ3n) is 5.30. The molecule has 0 saturated carbocycles. The van der Waals surface area contributed by atoms with Crippen molar-refractivity contribution in [2.75, 3.05) is 13.1 Å². The molecule has 0 amide bonds. The molecule has 0 radical (unpaired) electrons. The van der Waals surface area contributed by atoms with Crippen LogP contribution in [0, 0.1) is 6.92 Å². The van der Waals surface area contributed by atoms with Crippen LogP contribution >= 0.6 is 0 Å². The fourth-order valence-corrected chi connectivity index (χ4v) is 5.07. The number of piperidine rings is 1. The van der Waals surface area contributed by atoms with Crippen LogP contribution in [0.2, 0.25) is 0 Å². The van der Waals surface area contributed by atoms with E-state index in [0.717, 1.165) is 35.4 Å². The zero-order valence-electron chi connectivity index (χ0n) is 16.6. The first-order valence-corrected chi connectivity index (χ1v) is 11.2. The van der Waals surface area contributed by atoms with Crippen molar-refractivity contribution < 1.29 is 26.1 Å². The molecule has 0 bridgehead atoms. The summed E-state index contributed by atoms with van der Waals surface area (Å²) in [6.45, 7) is 2.37. The average molecular weight is 451 g/mol. The Labute approximate surface area is 177 Å². The largest absolute Gasteiger partial charge is 0.416 e. The first-order valence-electron chi connectivity index (χ1n) is 9.72. The number of hydrogen-bond acceptors (Lipinski definition) is 5. The van der Waals surface area contributed by atoms with Crippen molar-refractivity contribution in [2.45, 2.75) is 36.8 Å². The third-order valence-corrected chi connectivity index (χ3v) is 7.18. The van der Waals surface area contributed by atoms with Crippen LogP contribution in [0.15, 0.2) is 57.9 Å². The molecule has 2 heterocycles. The highest BCUT2D eigenvalue weighted by atomic mass is 32.2. The maximum atomic E-state index is 13.0. The van der Waals surface area contributed by atoms with E-state index in [1.165, 1.54) is 4.31 Å². The van der Waals surface area contributed by atoms with Crippen molar-refractivity contribution in [3.05, 3.63) is 65.5 Å². The maximum Gasteiger partial charge on any atom is 0.416 e. The van der Waals surface area contributed by atoms with Gasteiger partial charge in [0.25, 0.3) is 0 Å². The summed E-state index contributed by atoms with van der Waals surface area (Å²) in [5.74, 6) is 0.491. The van der Waals surface area contributed by atoms with Crippen LogP contribution in [0.25, 0.3) is 11.4 Å². The van der Waals surface area contributed by atoms with Gasteiger partial charge in [-0.2, -0.15) is 22.5 Å². The molecule has 3 aromatic rings. The number of aryl methyl sites for hydroxylation is 1. The zero-order valence-corrected chi connectivity index (χ0v) is 17.4. The normalized spacial score (nSPS) is 18.3. The summed E-state index contributed by atoms with van der Waals surface area (Å²) < 4.78 is 70.9. The van der Waals surface area contributed by atoms with Crippen LogP contribution in [-0.2, 0) is 16.2 Å². The van der Waals surface area contributed by atoms with Crippen molar-refractivity contribution in [2.24, 2.45) is 0 Å². The molecule has 4 rings (SSSR count). The lowest BCUT2D eigenvalue weighted by atomic mass is 10.00. The van der Waals surface area contributed by atoms with Crippen molar-refractivity contribution in [1.82, 2.24) is 14.4 Å². The molecule has 31 heavy (non-hydrogen) atoms. The first kappa shape index (κ1) is 21.5. The van der Waals surface area contributed by atoms with Crippen molar-refractivity contribution >= 4 is 10.0 Å². The SMILES string of the molecule is Cc1ccc(-c2noc([C@@H]3CCCN(S(=O)(=O)c4ccc(C(F)(F)F)cc4)C3)n2)cc1. The van der Waals surface area contributed by atoms with Crippen molar-refractivity contribution in [3.63, 3.8) is 0 Å². The number of alkyl halides is 3. The Kier molecular flexibility index (Phi) is 5.61. The molecule has 1 aromatic heterocycles. The number of sulfonamides is 1. The molecule has 0 N–H and O–H groups in total. The summed E-state index contributed by atoms with van der Waals surface area (Å²) in [5.41, 5.74) is 1.01. The third kappa shape index (κ3) is 4.49. The lowest BCUT2D eigenvalue weighted by molar-refractivity contribution is -0.137. The predicted octanol–water partition coefficient (Wildman–Crippen LogP) is 4.63. The molecule has 1 fully saturated rings. The standard InChI is InChI=1S/C21H20F3N3O3S/c1-14-4-6-15(7-5-14)19-25-20(30-26-19)16-3-2-12-27(13-16)31(28,29)18-10-8-17(9-11-18)21(22,23)24/h4-11,16H,2-3,12-13H2,1H3/t16-/m1/s1. The second-order valence-corrected chi connectivity index (χ2v) is 9.48. The highest BCUT2D eigenvalue weighted by molar-refractivity contribution is 7.89. The van der Waals surface area contributed by atoms with Crippen molar-refractivity contribution in [3.8, 4) is 11.4 Å². The van der Waals surface area contributed by atoms with Gasteiger partial charge in [-0.25, -0.2) is 8.42 Å². The number of benzene rings is 2. The Morgan fingerprint density at radius 2 is 1.74 bits per heavy atom. The monoisotopic (exact) mass is 451 g/mol. The highest BCUT2D eigenvalue weighted by Crippen LogP contribution is 2.33. The van der Waals surface area contributed by atoms with E-state index in [-0.39, 0.29) is 23.9 Å². The molecular formula is C21H20F3N3O3S. The fourth-order valence-electron chi connectivity index (χ4n) is 3.55. The van der Waals surface area contributed by atoms with E-state index >= 15 is 0 Å². The van der Waals surface area contributed by atoms with Gasteiger partial charge in [0.1, 0.15) is 0 Å². The number of hydrogen-bond donors (Lipinski definition) is 0. The fraction of sp³-hybridized carbons (Fsp3) is 0.333. The van der Waals surface area contributed by atoms with Crippen LogP contribution in [0.5, 0.6) is 0 Å². The van der Waals surface area contributed by atoms with E-state index < -0.39 is 21.8 Å². The molecule has 6 nitrogen and oxygen atoms in total. The van der Waals surface area contributed by atoms with Gasteiger partial charge in [-0.3, -0.25) is 0 Å². The molecule has 1 atom stereocenters. The van der Waals surface area contributed by atoms with Crippen LogP contribution in [-0.4, -0.2) is 36.0 Å².